The summed E-state index contributed by atoms with van der Waals surface area (Å²) in [6, 6.07) is 7.39. The summed E-state index contributed by atoms with van der Waals surface area (Å²) >= 11 is 6.12. The summed E-state index contributed by atoms with van der Waals surface area (Å²) in [6.45, 7) is 5.49. The Kier molecular flexibility index (Phi) is 6.84. The molecule has 0 bridgehead atoms. The highest BCUT2D eigenvalue weighted by Crippen LogP contribution is 2.15. The molecule has 0 saturated carbocycles. The Morgan fingerprint density at radius 3 is 2.91 bits per heavy atom. The molecule has 1 heterocycles. The Balaban J connectivity index is 1.85. The van der Waals surface area contributed by atoms with Gasteiger partial charge in [-0.05, 0) is 32.6 Å². The number of amides is 1. The molecule has 128 valence electrons. The molecule has 1 fully saturated rings. The number of halogens is 1. The van der Waals surface area contributed by atoms with Crippen molar-refractivity contribution in [3.63, 3.8) is 0 Å². The first kappa shape index (κ1) is 18.2. The first-order chi connectivity index (χ1) is 11.0. The highest BCUT2D eigenvalue weighted by atomic mass is 35.5. The summed E-state index contributed by atoms with van der Waals surface area (Å²) in [4.78, 5) is 16.7. The van der Waals surface area contributed by atoms with E-state index in [1.807, 2.05) is 45.3 Å². The van der Waals surface area contributed by atoms with Crippen molar-refractivity contribution in [3.8, 4) is 0 Å². The van der Waals surface area contributed by atoms with Gasteiger partial charge in [0.2, 0.25) is 5.91 Å². The Morgan fingerprint density at radius 2 is 2.22 bits per heavy atom. The SMILES string of the molecule is CC(C(=O)NCc1ccccc1Cl)N1CCOC(CN(C)C)C1. The van der Waals surface area contributed by atoms with Gasteiger partial charge in [-0.3, -0.25) is 9.69 Å². The smallest absolute Gasteiger partial charge is 0.237 e. The molecule has 6 heteroatoms. The number of likely N-dealkylation sites (N-methyl/N-ethyl adjacent to an activating group) is 1. The lowest BCUT2D eigenvalue weighted by Gasteiger charge is -2.37. The predicted octanol–water partition coefficient (Wildman–Crippen LogP) is 1.61. The third kappa shape index (κ3) is 5.46. The second-order valence-electron chi connectivity index (χ2n) is 6.24. The highest BCUT2D eigenvalue weighted by Gasteiger charge is 2.28. The molecule has 2 atom stereocenters. The van der Waals surface area contributed by atoms with E-state index in [4.69, 9.17) is 16.3 Å². The average Bonchev–Trinajstić information content (AvgIpc) is 2.52. The van der Waals surface area contributed by atoms with Crippen LogP contribution in [0.25, 0.3) is 0 Å². The highest BCUT2D eigenvalue weighted by molar-refractivity contribution is 6.31. The van der Waals surface area contributed by atoms with Crippen molar-refractivity contribution in [1.29, 1.82) is 0 Å². The van der Waals surface area contributed by atoms with E-state index >= 15 is 0 Å². The number of carbonyl (C=O) groups is 1. The van der Waals surface area contributed by atoms with E-state index in [1.54, 1.807) is 0 Å². The molecule has 2 rings (SSSR count). The zero-order valence-corrected chi connectivity index (χ0v) is 14.8. The Bertz CT molecular complexity index is 524. The minimum absolute atomic E-state index is 0.0235. The standard InChI is InChI=1S/C17H26ClN3O2/c1-13(21-8-9-23-15(12-21)11-20(2)3)17(22)19-10-14-6-4-5-7-16(14)18/h4-7,13,15H,8-12H2,1-3H3,(H,19,22). The van der Waals surface area contributed by atoms with Gasteiger partial charge in [0.15, 0.2) is 0 Å². The Labute approximate surface area is 143 Å². The lowest BCUT2D eigenvalue weighted by Crippen LogP contribution is -2.53. The Morgan fingerprint density at radius 1 is 1.48 bits per heavy atom. The van der Waals surface area contributed by atoms with Crippen LogP contribution in [0.4, 0.5) is 0 Å². The van der Waals surface area contributed by atoms with Crippen LogP contribution in [0.3, 0.4) is 0 Å². The summed E-state index contributed by atoms with van der Waals surface area (Å²) in [6.07, 6.45) is 0.151. The van der Waals surface area contributed by atoms with Crippen LogP contribution in [0, 0.1) is 0 Å². The molecule has 1 aliphatic heterocycles. The Hall–Kier alpha value is -1.14. The maximum Gasteiger partial charge on any atom is 0.237 e. The van der Waals surface area contributed by atoms with Crippen molar-refractivity contribution < 1.29 is 9.53 Å². The van der Waals surface area contributed by atoms with E-state index < -0.39 is 0 Å². The van der Waals surface area contributed by atoms with Gasteiger partial charge in [-0.2, -0.15) is 0 Å². The van der Waals surface area contributed by atoms with Gasteiger partial charge < -0.3 is 15.0 Å². The fourth-order valence-electron chi connectivity index (χ4n) is 2.75. The van der Waals surface area contributed by atoms with Gasteiger partial charge in [-0.1, -0.05) is 29.8 Å². The van der Waals surface area contributed by atoms with Crippen LogP contribution in [0.2, 0.25) is 5.02 Å². The molecule has 1 aliphatic rings. The van der Waals surface area contributed by atoms with E-state index in [0.29, 0.717) is 18.2 Å². The van der Waals surface area contributed by atoms with Crippen LogP contribution in [-0.2, 0) is 16.1 Å². The maximum atomic E-state index is 12.4. The lowest BCUT2D eigenvalue weighted by atomic mass is 10.1. The van der Waals surface area contributed by atoms with Crippen molar-refractivity contribution in [1.82, 2.24) is 15.1 Å². The van der Waals surface area contributed by atoms with E-state index in [0.717, 1.165) is 25.2 Å². The van der Waals surface area contributed by atoms with E-state index in [1.165, 1.54) is 0 Å². The lowest BCUT2D eigenvalue weighted by molar-refractivity contribution is -0.129. The summed E-state index contributed by atoms with van der Waals surface area (Å²) < 4.78 is 5.76. The molecule has 0 aliphatic carbocycles. The molecule has 2 unspecified atom stereocenters. The van der Waals surface area contributed by atoms with Gasteiger partial charge >= 0.3 is 0 Å². The van der Waals surface area contributed by atoms with Gasteiger partial charge in [0.25, 0.3) is 0 Å². The molecular weight excluding hydrogens is 314 g/mol. The van der Waals surface area contributed by atoms with Crippen molar-refractivity contribution in [2.45, 2.75) is 25.6 Å². The number of rotatable bonds is 6. The second kappa shape index (κ2) is 8.64. The molecule has 1 aromatic rings. The molecule has 0 radical (unpaired) electrons. The molecule has 1 amide bonds. The number of carbonyl (C=O) groups excluding carboxylic acids is 1. The third-order valence-electron chi connectivity index (χ3n) is 4.08. The fraction of sp³-hybridized carbons (Fsp3) is 0.588. The number of nitrogens with one attached hydrogen (secondary N) is 1. The van der Waals surface area contributed by atoms with E-state index in [9.17, 15) is 4.79 Å². The summed E-state index contributed by atoms with van der Waals surface area (Å²) in [5, 5.41) is 3.65. The number of nitrogens with zero attached hydrogens (tertiary/aromatic N) is 2. The zero-order chi connectivity index (χ0) is 16.8. The zero-order valence-electron chi connectivity index (χ0n) is 14.1. The van der Waals surface area contributed by atoms with Crippen LogP contribution < -0.4 is 5.32 Å². The van der Waals surface area contributed by atoms with Gasteiger partial charge in [0.05, 0.1) is 18.8 Å². The quantitative estimate of drug-likeness (QED) is 0.855. The fourth-order valence-corrected chi connectivity index (χ4v) is 2.95. The van der Waals surface area contributed by atoms with E-state index in [-0.39, 0.29) is 18.1 Å². The third-order valence-corrected chi connectivity index (χ3v) is 4.45. The summed E-state index contributed by atoms with van der Waals surface area (Å²) in [7, 11) is 4.06. The van der Waals surface area contributed by atoms with Crippen molar-refractivity contribution in [2.24, 2.45) is 0 Å². The first-order valence-corrected chi connectivity index (χ1v) is 8.36. The van der Waals surface area contributed by atoms with Gasteiger partial charge in [-0.25, -0.2) is 0 Å². The summed E-state index contributed by atoms with van der Waals surface area (Å²) in [5.41, 5.74) is 0.933. The van der Waals surface area contributed by atoms with Crippen LogP contribution in [0.5, 0.6) is 0 Å². The minimum Gasteiger partial charge on any atom is -0.374 e. The van der Waals surface area contributed by atoms with Crippen molar-refractivity contribution >= 4 is 17.5 Å². The van der Waals surface area contributed by atoms with Gasteiger partial charge in [0.1, 0.15) is 0 Å². The molecule has 1 saturated heterocycles. The molecule has 1 N–H and O–H groups in total. The van der Waals surface area contributed by atoms with Crippen LogP contribution in [0.15, 0.2) is 24.3 Å². The van der Waals surface area contributed by atoms with Crippen LogP contribution >= 0.6 is 11.6 Å². The minimum atomic E-state index is -0.175. The maximum absolute atomic E-state index is 12.4. The molecular formula is C17H26ClN3O2. The number of benzene rings is 1. The average molecular weight is 340 g/mol. The molecule has 0 spiro atoms. The largest absolute Gasteiger partial charge is 0.374 e. The molecule has 5 nitrogen and oxygen atoms in total. The van der Waals surface area contributed by atoms with Crippen LogP contribution in [-0.4, -0.2) is 68.2 Å². The normalized spacial score (nSPS) is 20.5. The predicted molar refractivity (Wildman–Crippen MR) is 92.6 cm³/mol. The van der Waals surface area contributed by atoms with Gasteiger partial charge in [0, 0.05) is 31.2 Å². The molecule has 23 heavy (non-hydrogen) atoms. The number of hydrogen-bond donors (Lipinski definition) is 1. The first-order valence-electron chi connectivity index (χ1n) is 7.99. The van der Waals surface area contributed by atoms with Crippen molar-refractivity contribution in [2.75, 3.05) is 40.3 Å². The number of morpholine rings is 1. The molecule has 1 aromatic carbocycles. The monoisotopic (exact) mass is 339 g/mol. The topological polar surface area (TPSA) is 44.8 Å². The summed E-state index contributed by atoms with van der Waals surface area (Å²) in [5.74, 6) is 0.0235. The van der Waals surface area contributed by atoms with E-state index in [2.05, 4.69) is 15.1 Å². The van der Waals surface area contributed by atoms with Gasteiger partial charge in [-0.15, -0.1) is 0 Å². The second-order valence-corrected chi connectivity index (χ2v) is 6.64. The molecule has 0 aromatic heterocycles. The van der Waals surface area contributed by atoms with Crippen LogP contribution in [0.1, 0.15) is 12.5 Å². The number of ether oxygens (including phenoxy) is 1. The van der Waals surface area contributed by atoms with Crippen molar-refractivity contribution in [3.05, 3.63) is 34.9 Å². The number of hydrogen-bond acceptors (Lipinski definition) is 4.